The van der Waals surface area contributed by atoms with Crippen molar-refractivity contribution in [3.8, 4) is 0 Å². The van der Waals surface area contributed by atoms with E-state index in [1.165, 1.54) is 0 Å². The molecular weight excluding hydrogens is 165 g/mol. The summed E-state index contributed by atoms with van der Waals surface area (Å²) in [7, 11) is 1.98. The van der Waals surface area contributed by atoms with Crippen LogP contribution < -0.4 is 0 Å². The summed E-state index contributed by atoms with van der Waals surface area (Å²) in [5.74, 6) is -0.275. The molecule has 1 aliphatic rings. The van der Waals surface area contributed by atoms with Gasteiger partial charge in [0.05, 0.1) is 0 Å². The van der Waals surface area contributed by atoms with Crippen molar-refractivity contribution in [1.29, 1.82) is 0 Å². The minimum absolute atomic E-state index is 0. The van der Waals surface area contributed by atoms with Crippen LogP contribution in [0.25, 0.3) is 0 Å². The van der Waals surface area contributed by atoms with Crippen molar-refractivity contribution >= 4 is 41.6 Å². The van der Waals surface area contributed by atoms with Crippen LogP contribution in [-0.4, -0.2) is 66.7 Å². The van der Waals surface area contributed by atoms with E-state index in [1.54, 1.807) is 0 Å². The predicted molar refractivity (Wildman–Crippen MR) is 48.4 cm³/mol. The Labute approximate surface area is 94.8 Å². The molecule has 1 fully saturated rings. The van der Waals surface area contributed by atoms with Gasteiger partial charge in [0.2, 0.25) is 0 Å². The monoisotopic (exact) mass is 179 g/mol. The molecule has 0 spiro atoms. The number of nitrogens with zero attached hydrogens (tertiary/aromatic N) is 1. The van der Waals surface area contributed by atoms with E-state index < -0.39 is 0 Å². The summed E-state index contributed by atoms with van der Waals surface area (Å²) >= 11 is 0. The van der Waals surface area contributed by atoms with Gasteiger partial charge in [-0.3, -0.25) is 9.59 Å². The quantitative estimate of drug-likeness (QED) is 0.324. The van der Waals surface area contributed by atoms with Crippen LogP contribution in [0.3, 0.4) is 0 Å². The second-order valence-electron chi connectivity index (χ2n) is 3.12. The first kappa shape index (κ1) is 12.3. The van der Waals surface area contributed by atoms with Gasteiger partial charge in [-0.2, -0.15) is 0 Å². The Morgan fingerprint density at radius 1 is 1.58 bits per heavy atom. The zero-order chi connectivity index (χ0) is 8.27. The van der Waals surface area contributed by atoms with Crippen LogP contribution in [-0.2, 0) is 9.59 Å². The number of Topliss-reactive ketones (excluding diaryl/α,β-unsaturated/α-hetero) is 1. The number of rotatable bonds is 2. The molecule has 64 valence electrons. The Balaban J connectivity index is 0.00000121. The molecular formula is C8H14NNaO2. The first-order valence-electron chi connectivity index (χ1n) is 3.91. The Kier molecular flexibility index (Phi) is 6.01. The molecule has 0 aromatic carbocycles. The molecule has 0 aromatic rings. The van der Waals surface area contributed by atoms with Crippen LogP contribution in [0.4, 0.5) is 0 Å². The van der Waals surface area contributed by atoms with Gasteiger partial charge in [0.15, 0.2) is 12.1 Å². The van der Waals surface area contributed by atoms with Crippen LogP contribution in [0.15, 0.2) is 0 Å². The van der Waals surface area contributed by atoms with E-state index in [1.807, 2.05) is 7.05 Å². The molecule has 0 radical (unpaired) electrons. The number of hydrogen-bond acceptors (Lipinski definition) is 3. The number of piperidine rings is 1. The molecule has 1 atom stereocenters. The molecule has 1 saturated heterocycles. The third-order valence-corrected chi connectivity index (χ3v) is 2.14. The van der Waals surface area contributed by atoms with E-state index in [2.05, 4.69) is 4.90 Å². The molecule has 1 unspecified atom stereocenters. The summed E-state index contributed by atoms with van der Waals surface area (Å²) in [5.41, 5.74) is 0. The van der Waals surface area contributed by atoms with Gasteiger partial charge in [-0.25, -0.2) is 0 Å². The summed E-state index contributed by atoms with van der Waals surface area (Å²) in [6.07, 6.45) is 2.35. The van der Waals surface area contributed by atoms with Crippen molar-refractivity contribution < 1.29 is 9.59 Å². The van der Waals surface area contributed by atoms with Gasteiger partial charge in [0, 0.05) is 12.5 Å². The fraction of sp³-hybridized carbons (Fsp3) is 0.750. The standard InChI is InChI=1S/C8H13NO2.Na.H/c1-9-4-2-3-7(5-9)8(11)6-10;;/h6-7H,2-5H2,1H3;;. The van der Waals surface area contributed by atoms with E-state index >= 15 is 0 Å². The molecule has 12 heavy (non-hydrogen) atoms. The van der Waals surface area contributed by atoms with Crippen molar-refractivity contribution in [3.63, 3.8) is 0 Å². The van der Waals surface area contributed by atoms with Gasteiger partial charge in [0.1, 0.15) is 0 Å². The molecule has 0 amide bonds. The zero-order valence-electron chi connectivity index (χ0n) is 6.75. The average molecular weight is 179 g/mol. The van der Waals surface area contributed by atoms with Gasteiger partial charge in [-0.05, 0) is 26.4 Å². The maximum absolute atomic E-state index is 10.9. The zero-order valence-corrected chi connectivity index (χ0v) is 6.75. The Hall–Kier alpha value is 0.300. The Bertz CT molecular complexity index is 172. The topological polar surface area (TPSA) is 37.4 Å². The van der Waals surface area contributed by atoms with E-state index in [0.717, 1.165) is 25.9 Å². The fourth-order valence-electron chi connectivity index (χ4n) is 1.49. The van der Waals surface area contributed by atoms with E-state index in [0.29, 0.717) is 6.29 Å². The van der Waals surface area contributed by atoms with Crippen LogP contribution in [0.1, 0.15) is 12.8 Å². The molecule has 0 aromatic heterocycles. The normalized spacial score (nSPS) is 24.2. The number of ketones is 1. The van der Waals surface area contributed by atoms with Crippen LogP contribution in [0.2, 0.25) is 0 Å². The van der Waals surface area contributed by atoms with Crippen LogP contribution in [0.5, 0.6) is 0 Å². The van der Waals surface area contributed by atoms with Gasteiger partial charge in [-0.15, -0.1) is 0 Å². The van der Waals surface area contributed by atoms with Crippen molar-refractivity contribution in [1.82, 2.24) is 4.90 Å². The summed E-state index contributed by atoms with van der Waals surface area (Å²) < 4.78 is 0. The Morgan fingerprint density at radius 3 is 2.75 bits per heavy atom. The molecule has 1 aliphatic heterocycles. The van der Waals surface area contributed by atoms with Gasteiger partial charge in [0.25, 0.3) is 0 Å². The van der Waals surface area contributed by atoms with Gasteiger partial charge in [-0.1, -0.05) is 0 Å². The van der Waals surface area contributed by atoms with Crippen molar-refractivity contribution in [2.75, 3.05) is 20.1 Å². The molecule has 0 aliphatic carbocycles. The van der Waals surface area contributed by atoms with Crippen LogP contribution >= 0.6 is 0 Å². The van der Waals surface area contributed by atoms with Crippen LogP contribution in [0, 0.1) is 5.92 Å². The number of carbonyl (C=O) groups is 2. The van der Waals surface area contributed by atoms with Crippen molar-refractivity contribution in [3.05, 3.63) is 0 Å². The summed E-state index contributed by atoms with van der Waals surface area (Å²) in [4.78, 5) is 23.2. The van der Waals surface area contributed by atoms with Gasteiger partial charge >= 0.3 is 29.6 Å². The van der Waals surface area contributed by atoms with E-state index in [4.69, 9.17) is 0 Å². The summed E-state index contributed by atoms with van der Waals surface area (Å²) in [6, 6.07) is 0. The molecule has 0 N–H and O–H groups in total. The van der Waals surface area contributed by atoms with E-state index in [-0.39, 0.29) is 41.3 Å². The number of aldehydes is 1. The van der Waals surface area contributed by atoms with Crippen molar-refractivity contribution in [2.24, 2.45) is 5.92 Å². The maximum atomic E-state index is 10.9. The molecule has 0 saturated carbocycles. The average Bonchev–Trinajstić information content (AvgIpc) is 2.03. The summed E-state index contributed by atoms with van der Waals surface area (Å²) in [5, 5.41) is 0. The number of likely N-dealkylation sites (tertiary alicyclic amines) is 1. The molecule has 4 heteroatoms. The second-order valence-corrected chi connectivity index (χ2v) is 3.12. The van der Waals surface area contributed by atoms with Gasteiger partial charge < -0.3 is 4.90 Å². The third-order valence-electron chi connectivity index (χ3n) is 2.14. The Morgan fingerprint density at radius 2 is 2.25 bits per heavy atom. The number of hydrogen-bond donors (Lipinski definition) is 0. The predicted octanol–water partition coefficient (Wildman–Crippen LogP) is -0.552. The minimum atomic E-state index is -0.239. The van der Waals surface area contributed by atoms with Crippen molar-refractivity contribution in [2.45, 2.75) is 12.8 Å². The number of carbonyl (C=O) groups excluding carboxylic acids is 2. The third kappa shape index (κ3) is 3.35. The first-order valence-corrected chi connectivity index (χ1v) is 3.91. The first-order chi connectivity index (χ1) is 5.24. The second kappa shape index (κ2) is 5.86. The SMILES string of the molecule is CN1CCCC(C(=O)C=O)C1.[NaH]. The molecule has 1 heterocycles. The molecule has 1 rings (SSSR count). The fourth-order valence-corrected chi connectivity index (χ4v) is 1.49. The van der Waals surface area contributed by atoms with E-state index in [9.17, 15) is 9.59 Å². The molecule has 3 nitrogen and oxygen atoms in total. The molecule has 0 bridgehead atoms. The summed E-state index contributed by atoms with van der Waals surface area (Å²) in [6.45, 7) is 1.79.